The second kappa shape index (κ2) is 12.4. The Balaban J connectivity index is 1.41. The van der Waals surface area contributed by atoms with Crippen LogP contribution in [0.2, 0.25) is 0 Å². The van der Waals surface area contributed by atoms with Crippen molar-refractivity contribution >= 4 is 40.1 Å². The van der Waals surface area contributed by atoms with Crippen LogP contribution in [0, 0.1) is 6.92 Å². The molecule has 0 bridgehead atoms. The van der Waals surface area contributed by atoms with Crippen LogP contribution in [0.15, 0.2) is 12.3 Å². The van der Waals surface area contributed by atoms with Crippen molar-refractivity contribution in [3.63, 3.8) is 0 Å². The molecule has 2 amide bonds. The molecule has 0 saturated carbocycles. The number of rotatable bonds is 8. The Morgan fingerprint density at radius 1 is 1.14 bits per heavy atom. The first-order chi connectivity index (χ1) is 17.8. The minimum atomic E-state index is -0.499. The number of hydrogen-bond donors (Lipinski definition) is 1. The maximum absolute atomic E-state index is 13.4. The smallest absolute Gasteiger partial charge is 0.303 e. The molecule has 11 heteroatoms. The van der Waals surface area contributed by atoms with Crippen LogP contribution in [0.25, 0.3) is 0 Å². The number of thiazole rings is 1. The zero-order valence-corrected chi connectivity index (χ0v) is 22.7. The van der Waals surface area contributed by atoms with Gasteiger partial charge < -0.3 is 19.9 Å². The van der Waals surface area contributed by atoms with Crippen LogP contribution < -0.4 is 5.32 Å². The Hall–Kier alpha value is -3.08. The van der Waals surface area contributed by atoms with Crippen molar-refractivity contribution in [3.05, 3.63) is 28.7 Å². The van der Waals surface area contributed by atoms with Gasteiger partial charge in [0.05, 0.1) is 0 Å². The molecule has 0 aromatic carbocycles. The molecular weight excluding hydrogens is 492 g/mol. The molecule has 200 valence electrons. The minimum Gasteiger partial charge on any atom is -0.456 e. The lowest BCUT2D eigenvalue weighted by molar-refractivity contribution is -0.155. The van der Waals surface area contributed by atoms with Gasteiger partial charge in [-0.25, -0.2) is 15.0 Å². The van der Waals surface area contributed by atoms with Crippen LogP contribution in [0.5, 0.6) is 0 Å². The van der Waals surface area contributed by atoms with Crippen molar-refractivity contribution in [2.45, 2.75) is 77.7 Å². The van der Waals surface area contributed by atoms with E-state index in [4.69, 9.17) is 14.7 Å². The lowest BCUT2D eigenvalue weighted by Crippen LogP contribution is -2.55. The van der Waals surface area contributed by atoms with Gasteiger partial charge in [-0.3, -0.25) is 14.4 Å². The third kappa shape index (κ3) is 7.03. The number of aryl methyl sites for hydroxylation is 2. The number of carbonyl (C=O) groups excluding carboxylic acids is 3. The van der Waals surface area contributed by atoms with Gasteiger partial charge in [-0.15, -0.1) is 11.3 Å². The van der Waals surface area contributed by atoms with Crippen molar-refractivity contribution < 1.29 is 19.1 Å². The summed E-state index contributed by atoms with van der Waals surface area (Å²) in [6, 6.07) is 1.50. The van der Waals surface area contributed by atoms with E-state index in [2.05, 4.69) is 17.2 Å². The number of nitrogens with one attached hydrogen (secondary N) is 1. The quantitative estimate of drug-likeness (QED) is 0.517. The standard InChI is InChI=1S/C26H36N6O4S/c1-4-7-20-14-22(30-26-27-15-17(2)37-26)29-24(28-20)19-9-12-31(13-10-19)25(35)21-8-5-6-11-32(21)23(34)16-36-18(3)33/h14-15,19,21H,4-13,16H2,1-3H3,(H,27,28,29,30). The van der Waals surface area contributed by atoms with Crippen molar-refractivity contribution in [1.82, 2.24) is 24.8 Å². The number of piperidine rings is 2. The van der Waals surface area contributed by atoms with Gasteiger partial charge in [-0.05, 0) is 45.4 Å². The van der Waals surface area contributed by atoms with Crippen LogP contribution in [-0.2, 0) is 25.5 Å². The molecule has 1 atom stereocenters. The van der Waals surface area contributed by atoms with Gasteiger partial charge in [0.25, 0.3) is 5.91 Å². The molecule has 2 saturated heterocycles. The van der Waals surface area contributed by atoms with Crippen LogP contribution in [-0.4, -0.2) is 74.8 Å². The molecule has 1 unspecified atom stereocenters. The predicted molar refractivity (Wildman–Crippen MR) is 141 cm³/mol. The van der Waals surface area contributed by atoms with Gasteiger partial charge in [0.2, 0.25) is 5.91 Å². The maximum Gasteiger partial charge on any atom is 0.303 e. The number of ether oxygens (including phenoxy) is 1. The van der Waals surface area contributed by atoms with Crippen LogP contribution in [0.1, 0.15) is 74.7 Å². The summed E-state index contributed by atoms with van der Waals surface area (Å²) < 4.78 is 4.89. The SMILES string of the molecule is CCCc1cc(Nc2ncc(C)s2)nc(C2CCN(C(=O)C3CCCCN3C(=O)COC(C)=O)CC2)n1. The zero-order valence-electron chi connectivity index (χ0n) is 21.9. The highest BCUT2D eigenvalue weighted by molar-refractivity contribution is 7.15. The second-order valence-corrected chi connectivity index (χ2v) is 11.0. The zero-order chi connectivity index (χ0) is 26.4. The Morgan fingerprint density at radius 3 is 2.59 bits per heavy atom. The lowest BCUT2D eigenvalue weighted by atomic mass is 9.94. The Kier molecular flexibility index (Phi) is 9.07. The largest absolute Gasteiger partial charge is 0.456 e. The van der Waals surface area contributed by atoms with Crippen molar-refractivity contribution in [2.75, 3.05) is 31.6 Å². The van der Waals surface area contributed by atoms with Gasteiger partial charge in [0, 0.05) is 55.3 Å². The fourth-order valence-corrected chi connectivity index (χ4v) is 5.64. The van der Waals surface area contributed by atoms with Gasteiger partial charge in [0.1, 0.15) is 17.7 Å². The summed E-state index contributed by atoms with van der Waals surface area (Å²) in [5.74, 6) is 0.902. The number of hydrogen-bond acceptors (Lipinski definition) is 9. The fraction of sp³-hybridized carbons (Fsp3) is 0.615. The lowest BCUT2D eigenvalue weighted by Gasteiger charge is -2.39. The molecule has 1 N–H and O–H groups in total. The summed E-state index contributed by atoms with van der Waals surface area (Å²) in [5.41, 5.74) is 1.01. The van der Waals surface area contributed by atoms with Crippen LogP contribution in [0.4, 0.5) is 10.9 Å². The summed E-state index contributed by atoms with van der Waals surface area (Å²) >= 11 is 1.59. The Bertz CT molecular complexity index is 1110. The number of carbonyl (C=O) groups is 3. The number of aromatic nitrogens is 3. The molecule has 4 rings (SSSR count). The molecule has 10 nitrogen and oxygen atoms in total. The number of anilines is 2. The van der Waals surface area contributed by atoms with Crippen molar-refractivity contribution in [1.29, 1.82) is 0 Å². The molecule has 2 aromatic rings. The monoisotopic (exact) mass is 528 g/mol. The van der Waals surface area contributed by atoms with Crippen molar-refractivity contribution in [2.24, 2.45) is 0 Å². The first kappa shape index (κ1) is 27.0. The molecule has 4 heterocycles. The van der Waals surface area contributed by atoms with E-state index in [0.29, 0.717) is 26.1 Å². The molecular formula is C26H36N6O4S. The summed E-state index contributed by atoms with van der Waals surface area (Å²) in [6.45, 7) is 6.83. The van der Waals surface area contributed by atoms with Gasteiger partial charge in [-0.2, -0.15) is 0 Å². The van der Waals surface area contributed by atoms with E-state index in [-0.39, 0.29) is 24.3 Å². The van der Waals surface area contributed by atoms with E-state index >= 15 is 0 Å². The molecule has 37 heavy (non-hydrogen) atoms. The summed E-state index contributed by atoms with van der Waals surface area (Å²) in [6.07, 6.45) is 7.63. The fourth-order valence-electron chi connectivity index (χ4n) is 4.97. The number of likely N-dealkylation sites (tertiary alicyclic amines) is 2. The Labute approximate surface area is 221 Å². The van der Waals surface area contributed by atoms with E-state index in [1.165, 1.54) is 6.92 Å². The molecule has 2 aromatic heterocycles. The first-order valence-corrected chi connectivity index (χ1v) is 13.9. The normalized spacial score (nSPS) is 18.5. The van der Waals surface area contributed by atoms with E-state index in [0.717, 1.165) is 65.9 Å². The highest BCUT2D eigenvalue weighted by Crippen LogP contribution is 2.30. The van der Waals surface area contributed by atoms with Gasteiger partial charge in [0.15, 0.2) is 11.7 Å². The average molecular weight is 529 g/mol. The van der Waals surface area contributed by atoms with Crippen LogP contribution >= 0.6 is 11.3 Å². The predicted octanol–water partition coefficient (Wildman–Crippen LogP) is 3.59. The molecule has 0 aliphatic carbocycles. The van der Waals surface area contributed by atoms with Crippen molar-refractivity contribution in [3.8, 4) is 0 Å². The minimum absolute atomic E-state index is 0.0172. The molecule has 2 aliphatic heterocycles. The molecule has 2 aliphatic rings. The third-order valence-electron chi connectivity index (χ3n) is 6.84. The average Bonchev–Trinajstić information content (AvgIpc) is 3.31. The Morgan fingerprint density at radius 2 is 1.92 bits per heavy atom. The number of nitrogens with zero attached hydrogens (tertiary/aromatic N) is 5. The molecule has 0 spiro atoms. The summed E-state index contributed by atoms with van der Waals surface area (Å²) in [7, 11) is 0. The van der Waals surface area contributed by atoms with E-state index in [1.54, 1.807) is 16.2 Å². The van der Waals surface area contributed by atoms with Crippen LogP contribution in [0.3, 0.4) is 0 Å². The summed E-state index contributed by atoms with van der Waals surface area (Å²) in [5, 5.41) is 4.14. The van der Waals surface area contributed by atoms with Gasteiger partial charge in [-0.1, -0.05) is 13.3 Å². The van der Waals surface area contributed by atoms with E-state index in [1.807, 2.05) is 24.1 Å². The van der Waals surface area contributed by atoms with E-state index < -0.39 is 12.0 Å². The van der Waals surface area contributed by atoms with E-state index in [9.17, 15) is 14.4 Å². The number of amides is 2. The topological polar surface area (TPSA) is 118 Å². The maximum atomic E-state index is 13.4. The highest BCUT2D eigenvalue weighted by atomic mass is 32.1. The third-order valence-corrected chi connectivity index (χ3v) is 7.67. The first-order valence-electron chi connectivity index (χ1n) is 13.1. The van der Waals surface area contributed by atoms with Gasteiger partial charge >= 0.3 is 5.97 Å². The second-order valence-electron chi connectivity index (χ2n) is 9.73. The number of esters is 1. The molecule has 0 radical (unpaired) electrons. The molecule has 2 fully saturated rings. The summed E-state index contributed by atoms with van der Waals surface area (Å²) in [4.78, 5) is 55.9. The highest BCUT2D eigenvalue weighted by Gasteiger charge is 2.36.